The van der Waals surface area contributed by atoms with Crippen molar-refractivity contribution in [3.63, 3.8) is 0 Å². The quantitative estimate of drug-likeness (QED) is 0.767. The van der Waals surface area contributed by atoms with Crippen molar-refractivity contribution in [3.8, 4) is 0 Å². The average molecular weight is 232 g/mol. The Kier molecular flexibility index (Phi) is 2.44. The summed E-state index contributed by atoms with van der Waals surface area (Å²) in [6.07, 6.45) is 3.43. The average Bonchev–Trinajstić information content (AvgIpc) is 2.74. The molecule has 1 fully saturated rings. The number of nitrogens with one attached hydrogen (secondary N) is 1. The summed E-state index contributed by atoms with van der Waals surface area (Å²) in [5.74, 6) is 1.63. The summed E-state index contributed by atoms with van der Waals surface area (Å²) in [7, 11) is 0. The molecule has 0 radical (unpaired) electrons. The second kappa shape index (κ2) is 3.96. The molecule has 6 heteroatoms. The molecule has 3 rings (SSSR count). The van der Waals surface area contributed by atoms with Gasteiger partial charge in [0, 0.05) is 31.4 Å². The van der Waals surface area contributed by atoms with Gasteiger partial charge in [-0.2, -0.15) is 15.1 Å². The highest BCUT2D eigenvalue weighted by Gasteiger charge is 2.22. The third kappa shape index (κ3) is 1.95. The summed E-state index contributed by atoms with van der Waals surface area (Å²) in [4.78, 5) is 10.9. The lowest BCUT2D eigenvalue weighted by Gasteiger charge is -2.36. The first-order chi connectivity index (χ1) is 8.22. The predicted molar refractivity (Wildman–Crippen MR) is 65.1 cm³/mol. The first kappa shape index (κ1) is 10.5. The number of anilines is 1. The van der Waals surface area contributed by atoms with Crippen LogP contribution in [-0.2, 0) is 0 Å². The van der Waals surface area contributed by atoms with E-state index in [9.17, 15) is 0 Å². The van der Waals surface area contributed by atoms with Gasteiger partial charge in [0.1, 0.15) is 12.1 Å². The molecule has 17 heavy (non-hydrogen) atoms. The fourth-order valence-electron chi connectivity index (χ4n) is 2.40. The number of piperazine rings is 1. The van der Waals surface area contributed by atoms with Gasteiger partial charge >= 0.3 is 0 Å². The van der Waals surface area contributed by atoms with E-state index in [1.807, 2.05) is 12.3 Å². The molecule has 6 nitrogen and oxygen atoms in total. The summed E-state index contributed by atoms with van der Waals surface area (Å²) in [5.41, 5.74) is 0. The van der Waals surface area contributed by atoms with E-state index in [1.165, 1.54) is 6.33 Å². The molecule has 1 N–H and O–H groups in total. The summed E-state index contributed by atoms with van der Waals surface area (Å²) in [6.45, 7) is 6.33. The van der Waals surface area contributed by atoms with Crippen LogP contribution in [0.25, 0.3) is 5.78 Å². The molecule has 0 aliphatic carbocycles. The monoisotopic (exact) mass is 232 g/mol. The topological polar surface area (TPSA) is 58.4 Å². The van der Waals surface area contributed by atoms with Crippen molar-refractivity contribution < 1.29 is 0 Å². The molecule has 2 aromatic heterocycles. The Morgan fingerprint density at radius 1 is 1.29 bits per heavy atom. The highest BCUT2D eigenvalue weighted by atomic mass is 15.3. The van der Waals surface area contributed by atoms with E-state index in [4.69, 9.17) is 0 Å². The lowest BCUT2D eigenvalue weighted by Crippen LogP contribution is -2.54. The third-order valence-electron chi connectivity index (χ3n) is 3.02. The van der Waals surface area contributed by atoms with Crippen molar-refractivity contribution in [2.45, 2.75) is 25.9 Å². The van der Waals surface area contributed by atoms with Crippen LogP contribution in [0.4, 0.5) is 5.82 Å². The van der Waals surface area contributed by atoms with E-state index in [1.54, 1.807) is 4.52 Å². The van der Waals surface area contributed by atoms with Gasteiger partial charge in [-0.15, -0.1) is 0 Å². The van der Waals surface area contributed by atoms with Crippen molar-refractivity contribution in [2.24, 2.45) is 0 Å². The van der Waals surface area contributed by atoms with Gasteiger partial charge in [0.05, 0.1) is 0 Å². The van der Waals surface area contributed by atoms with Crippen molar-refractivity contribution in [1.29, 1.82) is 0 Å². The molecule has 1 aliphatic rings. The Bertz CT molecular complexity index is 511. The summed E-state index contributed by atoms with van der Waals surface area (Å²) >= 11 is 0. The molecule has 2 atom stereocenters. The van der Waals surface area contributed by atoms with E-state index in [0.29, 0.717) is 17.9 Å². The normalized spacial score (nSPS) is 25.4. The van der Waals surface area contributed by atoms with E-state index >= 15 is 0 Å². The highest BCUT2D eigenvalue weighted by molar-refractivity contribution is 5.44. The molecule has 0 unspecified atom stereocenters. The van der Waals surface area contributed by atoms with Crippen molar-refractivity contribution in [2.75, 3.05) is 18.0 Å². The zero-order valence-electron chi connectivity index (χ0n) is 10.0. The Balaban J connectivity index is 1.91. The van der Waals surface area contributed by atoms with Gasteiger partial charge in [-0.25, -0.2) is 4.52 Å². The molecule has 1 aliphatic heterocycles. The molecule has 90 valence electrons. The maximum absolute atomic E-state index is 4.52. The van der Waals surface area contributed by atoms with Gasteiger partial charge in [0.2, 0.25) is 0 Å². The number of hydrogen-bond acceptors (Lipinski definition) is 5. The molecule has 2 aromatic rings. The van der Waals surface area contributed by atoms with Gasteiger partial charge in [0.15, 0.2) is 0 Å². The third-order valence-corrected chi connectivity index (χ3v) is 3.02. The summed E-state index contributed by atoms with van der Waals surface area (Å²) < 4.78 is 1.68. The second-order valence-electron chi connectivity index (χ2n) is 4.66. The number of nitrogens with zero attached hydrogens (tertiary/aromatic N) is 5. The maximum atomic E-state index is 4.52. The molecular formula is C11H16N6. The molecule has 3 heterocycles. The zero-order chi connectivity index (χ0) is 11.8. The molecule has 0 spiro atoms. The Labute approximate surface area is 99.7 Å². The van der Waals surface area contributed by atoms with E-state index in [2.05, 4.69) is 39.1 Å². The SMILES string of the molecule is C[C@@H]1CN(c2ccn3ncnc3n2)C[C@H](C)N1. The second-order valence-corrected chi connectivity index (χ2v) is 4.66. The number of aromatic nitrogens is 4. The standard InChI is InChI=1S/C11H16N6/c1-8-5-16(6-9(2)14-8)10-3-4-17-11(15-10)12-7-13-17/h3-4,7-9,14H,5-6H2,1-2H3/t8-,9+. The molecular weight excluding hydrogens is 216 g/mol. The molecule has 0 aromatic carbocycles. The first-order valence-corrected chi connectivity index (χ1v) is 5.90. The molecule has 0 amide bonds. The molecule has 0 bridgehead atoms. The number of hydrogen-bond donors (Lipinski definition) is 1. The van der Waals surface area contributed by atoms with Crippen LogP contribution in [0.5, 0.6) is 0 Å². The number of rotatable bonds is 1. The Morgan fingerprint density at radius 2 is 2.06 bits per heavy atom. The predicted octanol–water partition coefficient (Wildman–Crippen LogP) is 0.311. The van der Waals surface area contributed by atoms with Gasteiger partial charge in [-0.05, 0) is 19.9 Å². The van der Waals surface area contributed by atoms with Crippen LogP contribution >= 0.6 is 0 Å². The summed E-state index contributed by atoms with van der Waals surface area (Å²) in [6, 6.07) is 2.95. The molecule has 0 saturated carbocycles. The minimum atomic E-state index is 0.481. The van der Waals surface area contributed by atoms with E-state index < -0.39 is 0 Å². The van der Waals surface area contributed by atoms with Crippen molar-refractivity contribution in [3.05, 3.63) is 18.6 Å². The van der Waals surface area contributed by atoms with Gasteiger partial charge < -0.3 is 10.2 Å². The largest absolute Gasteiger partial charge is 0.353 e. The number of fused-ring (bicyclic) bond motifs is 1. The van der Waals surface area contributed by atoms with Crippen LogP contribution in [0, 0.1) is 0 Å². The fourth-order valence-corrected chi connectivity index (χ4v) is 2.40. The van der Waals surface area contributed by atoms with Crippen LogP contribution in [0.1, 0.15) is 13.8 Å². The van der Waals surface area contributed by atoms with E-state index in [-0.39, 0.29) is 0 Å². The minimum absolute atomic E-state index is 0.481. The van der Waals surface area contributed by atoms with Crippen LogP contribution in [0.3, 0.4) is 0 Å². The van der Waals surface area contributed by atoms with E-state index in [0.717, 1.165) is 18.9 Å². The maximum Gasteiger partial charge on any atom is 0.254 e. The van der Waals surface area contributed by atoms with Crippen LogP contribution < -0.4 is 10.2 Å². The lowest BCUT2D eigenvalue weighted by molar-refractivity contribution is 0.405. The fraction of sp³-hybridized carbons (Fsp3) is 0.545. The van der Waals surface area contributed by atoms with Crippen LogP contribution in [0.15, 0.2) is 18.6 Å². The highest BCUT2D eigenvalue weighted by Crippen LogP contribution is 2.15. The molecule has 1 saturated heterocycles. The van der Waals surface area contributed by atoms with Crippen molar-refractivity contribution >= 4 is 11.6 Å². The van der Waals surface area contributed by atoms with Crippen LogP contribution in [0.2, 0.25) is 0 Å². The van der Waals surface area contributed by atoms with Gasteiger partial charge in [-0.1, -0.05) is 0 Å². The zero-order valence-corrected chi connectivity index (χ0v) is 10.0. The van der Waals surface area contributed by atoms with Gasteiger partial charge in [-0.3, -0.25) is 0 Å². The first-order valence-electron chi connectivity index (χ1n) is 5.90. The summed E-state index contributed by atoms with van der Waals surface area (Å²) in [5, 5.41) is 7.56. The smallest absolute Gasteiger partial charge is 0.254 e. The lowest BCUT2D eigenvalue weighted by atomic mass is 10.1. The minimum Gasteiger partial charge on any atom is -0.353 e. The van der Waals surface area contributed by atoms with Crippen LogP contribution in [-0.4, -0.2) is 44.8 Å². The van der Waals surface area contributed by atoms with Crippen molar-refractivity contribution in [1.82, 2.24) is 24.9 Å². The Hall–Kier alpha value is -1.69. The Morgan fingerprint density at radius 3 is 2.82 bits per heavy atom. The van der Waals surface area contributed by atoms with Gasteiger partial charge in [0.25, 0.3) is 5.78 Å².